The third-order valence-corrected chi connectivity index (χ3v) is 3.71. The van der Waals surface area contributed by atoms with Crippen molar-refractivity contribution < 1.29 is 13.2 Å². The van der Waals surface area contributed by atoms with Crippen LogP contribution in [-0.4, -0.2) is 34.9 Å². The van der Waals surface area contributed by atoms with Gasteiger partial charge in [0.2, 0.25) is 0 Å². The van der Waals surface area contributed by atoms with Crippen LogP contribution >= 0.6 is 0 Å². The molecule has 1 rings (SSSR count). The standard InChI is InChI=1S/C12H20N2O3S/c1-9(8-17-2)7-14-10-5-4-6-11(12(10)13)18(3,15)16/h4-6,9,14H,7-8,13H2,1-3H3. The minimum Gasteiger partial charge on any atom is -0.396 e. The molecule has 1 aromatic rings. The van der Waals surface area contributed by atoms with Crippen LogP contribution in [0.1, 0.15) is 6.92 Å². The molecule has 0 spiro atoms. The van der Waals surface area contributed by atoms with Crippen LogP contribution in [0.5, 0.6) is 0 Å². The van der Waals surface area contributed by atoms with Crippen molar-refractivity contribution in [2.24, 2.45) is 5.92 Å². The summed E-state index contributed by atoms with van der Waals surface area (Å²) in [6, 6.07) is 4.95. The first kappa shape index (κ1) is 14.8. The van der Waals surface area contributed by atoms with Crippen molar-refractivity contribution in [1.29, 1.82) is 0 Å². The predicted molar refractivity (Wildman–Crippen MR) is 73.5 cm³/mol. The third kappa shape index (κ3) is 3.89. The first-order valence-corrected chi connectivity index (χ1v) is 7.56. The Morgan fingerprint density at radius 3 is 2.67 bits per heavy atom. The van der Waals surface area contributed by atoms with Crippen LogP contribution in [0.15, 0.2) is 23.1 Å². The van der Waals surface area contributed by atoms with Crippen LogP contribution in [-0.2, 0) is 14.6 Å². The van der Waals surface area contributed by atoms with E-state index in [4.69, 9.17) is 10.5 Å². The molecule has 0 aliphatic carbocycles. The highest BCUT2D eigenvalue weighted by Gasteiger charge is 2.14. The monoisotopic (exact) mass is 272 g/mol. The second-order valence-corrected chi connectivity index (χ2v) is 6.42. The molecule has 0 aliphatic heterocycles. The quantitative estimate of drug-likeness (QED) is 0.764. The molecule has 18 heavy (non-hydrogen) atoms. The van der Waals surface area contributed by atoms with Gasteiger partial charge in [0.15, 0.2) is 9.84 Å². The third-order valence-electron chi connectivity index (χ3n) is 2.56. The van der Waals surface area contributed by atoms with Gasteiger partial charge in [-0.05, 0) is 18.1 Å². The molecule has 0 radical (unpaired) electrons. The Labute approximate surface area is 108 Å². The molecule has 0 bridgehead atoms. The van der Waals surface area contributed by atoms with Gasteiger partial charge in [-0.25, -0.2) is 8.42 Å². The molecule has 3 N–H and O–H groups in total. The van der Waals surface area contributed by atoms with E-state index in [1.165, 1.54) is 6.07 Å². The molecule has 0 aliphatic rings. The summed E-state index contributed by atoms with van der Waals surface area (Å²) in [6.45, 7) is 3.34. The zero-order valence-electron chi connectivity index (χ0n) is 10.9. The molecule has 6 heteroatoms. The largest absolute Gasteiger partial charge is 0.396 e. The topological polar surface area (TPSA) is 81.4 Å². The van der Waals surface area contributed by atoms with Crippen LogP contribution in [0.3, 0.4) is 0 Å². The lowest BCUT2D eigenvalue weighted by Crippen LogP contribution is -2.17. The highest BCUT2D eigenvalue weighted by molar-refractivity contribution is 7.90. The Morgan fingerprint density at radius 2 is 2.11 bits per heavy atom. The molecule has 0 saturated heterocycles. The van der Waals surface area contributed by atoms with Gasteiger partial charge >= 0.3 is 0 Å². The molecule has 102 valence electrons. The van der Waals surface area contributed by atoms with E-state index < -0.39 is 9.84 Å². The van der Waals surface area contributed by atoms with Gasteiger partial charge in [-0.3, -0.25) is 0 Å². The van der Waals surface area contributed by atoms with Crippen LogP contribution in [0.2, 0.25) is 0 Å². The van der Waals surface area contributed by atoms with E-state index >= 15 is 0 Å². The molecular weight excluding hydrogens is 252 g/mol. The number of anilines is 2. The lowest BCUT2D eigenvalue weighted by atomic mass is 10.2. The maximum Gasteiger partial charge on any atom is 0.177 e. The summed E-state index contributed by atoms with van der Waals surface area (Å²) in [6.07, 6.45) is 1.15. The van der Waals surface area contributed by atoms with Crippen molar-refractivity contribution in [3.8, 4) is 0 Å². The zero-order valence-corrected chi connectivity index (χ0v) is 11.8. The van der Waals surface area contributed by atoms with Crippen molar-refractivity contribution >= 4 is 21.2 Å². The zero-order chi connectivity index (χ0) is 13.8. The van der Waals surface area contributed by atoms with E-state index in [1.807, 2.05) is 6.92 Å². The molecule has 5 nitrogen and oxygen atoms in total. The van der Waals surface area contributed by atoms with Crippen LogP contribution in [0.4, 0.5) is 11.4 Å². The fourth-order valence-electron chi connectivity index (χ4n) is 1.65. The van der Waals surface area contributed by atoms with Gasteiger partial charge in [-0.1, -0.05) is 13.0 Å². The average molecular weight is 272 g/mol. The van der Waals surface area contributed by atoms with Crippen molar-refractivity contribution in [3.63, 3.8) is 0 Å². The molecule has 0 fully saturated rings. The lowest BCUT2D eigenvalue weighted by molar-refractivity contribution is 0.164. The molecule has 0 saturated carbocycles. The number of benzene rings is 1. The van der Waals surface area contributed by atoms with Crippen LogP contribution in [0, 0.1) is 5.92 Å². The van der Waals surface area contributed by atoms with Gasteiger partial charge in [-0.2, -0.15) is 0 Å². The Kier molecular flexibility index (Phi) is 4.98. The van der Waals surface area contributed by atoms with Crippen molar-refractivity contribution in [3.05, 3.63) is 18.2 Å². The number of methoxy groups -OCH3 is 1. The van der Waals surface area contributed by atoms with Gasteiger partial charge in [0.1, 0.15) is 0 Å². The molecule has 0 aromatic heterocycles. The lowest BCUT2D eigenvalue weighted by Gasteiger charge is -2.15. The summed E-state index contributed by atoms with van der Waals surface area (Å²) >= 11 is 0. The maximum atomic E-state index is 11.5. The van der Waals surface area contributed by atoms with E-state index in [9.17, 15) is 8.42 Å². The first-order valence-electron chi connectivity index (χ1n) is 5.67. The van der Waals surface area contributed by atoms with E-state index in [1.54, 1.807) is 19.2 Å². The minimum atomic E-state index is -3.29. The molecule has 1 aromatic carbocycles. The first-order chi connectivity index (χ1) is 8.36. The van der Waals surface area contributed by atoms with Crippen LogP contribution in [0.25, 0.3) is 0 Å². The number of nitrogen functional groups attached to an aromatic ring is 1. The van der Waals surface area contributed by atoms with E-state index in [0.29, 0.717) is 24.8 Å². The van der Waals surface area contributed by atoms with Gasteiger partial charge in [0, 0.05) is 19.9 Å². The highest BCUT2D eigenvalue weighted by atomic mass is 32.2. The SMILES string of the molecule is COCC(C)CNc1cccc(S(C)(=O)=O)c1N. The van der Waals surface area contributed by atoms with Crippen molar-refractivity contribution in [1.82, 2.24) is 0 Å². The molecule has 0 amide bonds. The Balaban J connectivity index is 2.85. The van der Waals surface area contributed by atoms with E-state index in [2.05, 4.69) is 5.32 Å². The Bertz CT molecular complexity index is 500. The minimum absolute atomic E-state index is 0.159. The van der Waals surface area contributed by atoms with Crippen LogP contribution < -0.4 is 11.1 Å². The Hall–Kier alpha value is -1.27. The number of rotatable bonds is 6. The average Bonchev–Trinajstić information content (AvgIpc) is 2.26. The van der Waals surface area contributed by atoms with Gasteiger partial charge in [0.05, 0.1) is 22.9 Å². The maximum absolute atomic E-state index is 11.5. The fraction of sp³-hybridized carbons (Fsp3) is 0.500. The molecule has 0 heterocycles. The predicted octanol–water partition coefficient (Wildman–Crippen LogP) is 1.37. The smallest absolute Gasteiger partial charge is 0.177 e. The van der Waals surface area contributed by atoms with Gasteiger partial charge in [-0.15, -0.1) is 0 Å². The summed E-state index contributed by atoms with van der Waals surface area (Å²) in [5.41, 5.74) is 6.76. The van der Waals surface area contributed by atoms with E-state index in [-0.39, 0.29) is 10.6 Å². The summed E-state index contributed by atoms with van der Waals surface area (Å²) in [5.74, 6) is 0.316. The number of nitrogens with two attached hydrogens (primary N) is 1. The Morgan fingerprint density at radius 1 is 1.44 bits per heavy atom. The summed E-state index contributed by atoms with van der Waals surface area (Å²) in [7, 11) is -1.65. The number of nitrogens with one attached hydrogen (secondary N) is 1. The summed E-state index contributed by atoms with van der Waals surface area (Å²) in [5, 5.41) is 3.14. The van der Waals surface area contributed by atoms with Gasteiger partial charge in [0.25, 0.3) is 0 Å². The summed E-state index contributed by atoms with van der Waals surface area (Å²) < 4.78 is 28.1. The molecule has 1 atom stereocenters. The van der Waals surface area contributed by atoms with E-state index in [0.717, 1.165) is 6.26 Å². The van der Waals surface area contributed by atoms with Crippen molar-refractivity contribution in [2.75, 3.05) is 37.6 Å². The van der Waals surface area contributed by atoms with Gasteiger partial charge < -0.3 is 15.8 Å². The number of hydrogen-bond acceptors (Lipinski definition) is 5. The fourth-order valence-corrected chi connectivity index (χ4v) is 2.48. The molecule has 1 unspecified atom stereocenters. The number of para-hydroxylation sites is 1. The normalized spacial score (nSPS) is 13.3. The second kappa shape index (κ2) is 6.06. The molecular formula is C12H20N2O3S. The number of sulfone groups is 1. The highest BCUT2D eigenvalue weighted by Crippen LogP contribution is 2.26. The number of hydrogen-bond donors (Lipinski definition) is 2. The summed E-state index contributed by atoms with van der Waals surface area (Å²) in [4.78, 5) is 0.159. The van der Waals surface area contributed by atoms with Crippen molar-refractivity contribution in [2.45, 2.75) is 11.8 Å². The second-order valence-electron chi connectivity index (χ2n) is 4.43. The number of ether oxygens (including phenoxy) is 1.